The molecule has 1 aliphatic heterocycles. The number of amides is 2. The van der Waals surface area contributed by atoms with Gasteiger partial charge >= 0.3 is 0 Å². The second-order valence-corrected chi connectivity index (χ2v) is 9.04. The Morgan fingerprint density at radius 2 is 1.86 bits per heavy atom. The molecule has 3 N–H and O–H groups in total. The Kier molecular flexibility index (Phi) is 8.10. The Hall–Kier alpha value is -3.58. The summed E-state index contributed by atoms with van der Waals surface area (Å²) >= 11 is 1.02. The van der Waals surface area contributed by atoms with Crippen LogP contribution in [0.1, 0.15) is 39.4 Å². The fourth-order valence-electron chi connectivity index (χ4n) is 3.81. The van der Waals surface area contributed by atoms with Gasteiger partial charge in [-0.15, -0.1) is 10.2 Å². The molecule has 2 amide bonds. The summed E-state index contributed by atoms with van der Waals surface area (Å²) in [5.74, 6) is -2.71. The number of nitrogens with zero attached hydrogens (tertiary/aromatic N) is 4. The maximum atomic E-state index is 13.5. The summed E-state index contributed by atoms with van der Waals surface area (Å²) in [6.07, 6.45) is 1.47. The molecule has 0 radical (unpaired) electrons. The first kappa shape index (κ1) is 25.5. The number of aromatic nitrogens is 3. The molecular formula is C23H24F3N7O2S. The number of carbonyl (C=O) groups is 2. The first-order valence-electron chi connectivity index (χ1n) is 11.3. The molecule has 0 atom stereocenters. The van der Waals surface area contributed by atoms with E-state index in [1.165, 1.54) is 12.1 Å². The quantitative estimate of drug-likeness (QED) is 0.416. The number of anilines is 3. The number of nitrogens with one attached hydrogen (secondary N) is 3. The Morgan fingerprint density at radius 3 is 2.53 bits per heavy atom. The van der Waals surface area contributed by atoms with E-state index in [2.05, 4.69) is 30.5 Å². The van der Waals surface area contributed by atoms with Crippen molar-refractivity contribution in [3.05, 3.63) is 58.9 Å². The minimum absolute atomic E-state index is 0.0104. The Labute approximate surface area is 209 Å². The lowest BCUT2D eigenvalue weighted by Gasteiger charge is -2.31. The number of rotatable bonds is 8. The van der Waals surface area contributed by atoms with E-state index in [1.807, 2.05) is 4.90 Å². The number of alkyl halides is 1. The van der Waals surface area contributed by atoms with Gasteiger partial charge in [0.1, 0.15) is 11.7 Å². The van der Waals surface area contributed by atoms with Crippen LogP contribution in [0.25, 0.3) is 0 Å². The molecule has 3 heterocycles. The molecule has 0 bridgehead atoms. The molecule has 3 aromatic rings. The van der Waals surface area contributed by atoms with Crippen molar-refractivity contribution in [1.29, 1.82) is 0 Å². The second-order valence-electron chi connectivity index (χ2n) is 8.26. The van der Waals surface area contributed by atoms with Crippen molar-refractivity contribution >= 4 is 39.9 Å². The fraction of sp³-hybridized carbons (Fsp3) is 0.348. The van der Waals surface area contributed by atoms with Crippen LogP contribution in [0.15, 0.2) is 30.3 Å². The van der Waals surface area contributed by atoms with Crippen LogP contribution in [0.5, 0.6) is 0 Å². The van der Waals surface area contributed by atoms with Gasteiger partial charge in [0.25, 0.3) is 11.8 Å². The van der Waals surface area contributed by atoms with Crippen molar-refractivity contribution in [2.24, 2.45) is 0 Å². The molecule has 0 aliphatic carbocycles. The van der Waals surface area contributed by atoms with E-state index in [9.17, 15) is 22.8 Å². The van der Waals surface area contributed by atoms with Gasteiger partial charge in [0.05, 0.1) is 11.3 Å². The fourth-order valence-corrected chi connectivity index (χ4v) is 4.61. The third kappa shape index (κ3) is 6.15. The molecule has 0 spiro atoms. The van der Waals surface area contributed by atoms with Gasteiger partial charge < -0.3 is 20.9 Å². The maximum Gasteiger partial charge on any atom is 0.272 e. The maximum absolute atomic E-state index is 13.5. The van der Waals surface area contributed by atoms with E-state index in [0.717, 1.165) is 49.6 Å². The summed E-state index contributed by atoms with van der Waals surface area (Å²) < 4.78 is 43.3. The lowest BCUT2D eigenvalue weighted by atomic mass is 10.0. The van der Waals surface area contributed by atoms with Crippen LogP contribution in [-0.4, -0.2) is 63.6 Å². The lowest BCUT2D eigenvalue weighted by molar-refractivity contribution is 0.0902. The number of hydrogen-bond acceptors (Lipinski definition) is 8. The van der Waals surface area contributed by atoms with Crippen molar-refractivity contribution in [3.8, 4) is 0 Å². The van der Waals surface area contributed by atoms with Gasteiger partial charge in [0.15, 0.2) is 23.1 Å². The zero-order valence-electron chi connectivity index (χ0n) is 19.4. The SMILES string of the molecule is Cc1nsc(Nc2ccc(C(=O)NC3CCN(CCF)CC3)nn2)c1C(=O)Nc1ccc(F)c(F)c1. The van der Waals surface area contributed by atoms with Gasteiger partial charge in [0, 0.05) is 37.4 Å². The van der Waals surface area contributed by atoms with Gasteiger partial charge in [-0.3, -0.25) is 9.59 Å². The molecule has 190 valence electrons. The number of halogens is 3. The molecule has 1 fully saturated rings. The third-order valence-corrected chi connectivity index (χ3v) is 6.58. The highest BCUT2D eigenvalue weighted by molar-refractivity contribution is 7.10. The molecule has 1 aliphatic rings. The minimum Gasteiger partial charge on any atom is -0.348 e. The Balaban J connectivity index is 1.37. The van der Waals surface area contributed by atoms with E-state index in [-0.39, 0.29) is 41.4 Å². The number of carbonyl (C=O) groups excluding carboxylic acids is 2. The first-order valence-corrected chi connectivity index (χ1v) is 12.0. The highest BCUT2D eigenvalue weighted by atomic mass is 32.1. The lowest BCUT2D eigenvalue weighted by Crippen LogP contribution is -2.45. The van der Waals surface area contributed by atoms with Gasteiger partial charge in [-0.2, -0.15) is 4.37 Å². The Morgan fingerprint density at radius 1 is 1.08 bits per heavy atom. The average molecular weight is 520 g/mol. The van der Waals surface area contributed by atoms with Crippen molar-refractivity contribution in [2.75, 3.05) is 36.9 Å². The third-order valence-electron chi connectivity index (χ3n) is 5.73. The van der Waals surface area contributed by atoms with E-state index < -0.39 is 17.5 Å². The average Bonchev–Trinajstić information content (AvgIpc) is 3.23. The van der Waals surface area contributed by atoms with E-state index in [4.69, 9.17) is 0 Å². The van der Waals surface area contributed by atoms with Crippen molar-refractivity contribution < 1.29 is 22.8 Å². The first-order chi connectivity index (χ1) is 17.3. The molecule has 1 aromatic carbocycles. The number of hydrogen-bond donors (Lipinski definition) is 3. The van der Waals surface area contributed by atoms with Gasteiger partial charge in [-0.1, -0.05) is 0 Å². The summed E-state index contributed by atoms with van der Waals surface area (Å²) in [4.78, 5) is 27.3. The van der Waals surface area contributed by atoms with E-state index in [0.29, 0.717) is 17.2 Å². The van der Waals surface area contributed by atoms with Crippen LogP contribution in [0.3, 0.4) is 0 Å². The predicted octanol–water partition coefficient (Wildman–Crippen LogP) is 3.68. The standard InChI is InChI=1S/C23H24F3N7O2S/c1-13-20(22(35)28-15-2-3-16(25)17(26)12-15)23(36-32-13)29-19-5-4-18(30-31-19)21(34)27-14-6-9-33(10-7-14)11-8-24/h2-5,12,14H,6-11H2,1H3,(H,27,34)(H,28,35)(H,29,31). The number of aryl methyl sites for hydroxylation is 1. The van der Waals surface area contributed by atoms with Crippen LogP contribution in [0.2, 0.25) is 0 Å². The second kappa shape index (κ2) is 11.4. The Bertz CT molecular complexity index is 1230. The minimum atomic E-state index is -1.08. The van der Waals surface area contributed by atoms with Crippen LogP contribution in [0.4, 0.5) is 29.7 Å². The molecule has 2 aromatic heterocycles. The summed E-state index contributed by atoms with van der Waals surface area (Å²) in [5.41, 5.74) is 0.888. The topological polar surface area (TPSA) is 112 Å². The molecule has 9 nitrogen and oxygen atoms in total. The molecule has 13 heteroatoms. The normalized spacial score (nSPS) is 14.4. The van der Waals surface area contributed by atoms with Crippen molar-refractivity contribution in [1.82, 2.24) is 24.8 Å². The summed E-state index contributed by atoms with van der Waals surface area (Å²) in [7, 11) is 0. The van der Waals surface area contributed by atoms with E-state index in [1.54, 1.807) is 13.0 Å². The van der Waals surface area contributed by atoms with Crippen molar-refractivity contribution in [3.63, 3.8) is 0 Å². The highest BCUT2D eigenvalue weighted by Crippen LogP contribution is 2.28. The van der Waals surface area contributed by atoms with Crippen LogP contribution in [-0.2, 0) is 0 Å². The summed E-state index contributed by atoms with van der Waals surface area (Å²) in [6, 6.07) is 6.12. The summed E-state index contributed by atoms with van der Waals surface area (Å²) in [5, 5.41) is 16.8. The van der Waals surface area contributed by atoms with Gasteiger partial charge in [-0.05, 0) is 55.6 Å². The molecule has 0 saturated carbocycles. The van der Waals surface area contributed by atoms with Gasteiger partial charge in [-0.25, -0.2) is 13.2 Å². The molecular weight excluding hydrogens is 495 g/mol. The van der Waals surface area contributed by atoms with Crippen molar-refractivity contribution in [2.45, 2.75) is 25.8 Å². The zero-order valence-corrected chi connectivity index (χ0v) is 20.2. The molecule has 1 saturated heterocycles. The predicted molar refractivity (Wildman–Crippen MR) is 129 cm³/mol. The van der Waals surface area contributed by atoms with Crippen LogP contribution >= 0.6 is 11.5 Å². The molecule has 36 heavy (non-hydrogen) atoms. The monoisotopic (exact) mass is 519 g/mol. The summed E-state index contributed by atoms with van der Waals surface area (Å²) in [6.45, 7) is 3.12. The van der Waals surface area contributed by atoms with E-state index >= 15 is 0 Å². The smallest absolute Gasteiger partial charge is 0.272 e. The number of likely N-dealkylation sites (tertiary alicyclic amines) is 1. The number of benzene rings is 1. The molecule has 0 unspecified atom stereocenters. The molecule has 4 rings (SSSR count). The van der Waals surface area contributed by atoms with Crippen LogP contribution in [0, 0.1) is 18.6 Å². The largest absolute Gasteiger partial charge is 0.348 e. The zero-order chi connectivity index (χ0) is 25.7. The van der Waals surface area contributed by atoms with Gasteiger partial charge in [0.2, 0.25) is 0 Å². The highest BCUT2D eigenvalue weighted by Gasteiger charge is 2.22. The van der Waals surface area contributed by atoms with Crippen LogP contribution < -0.4 is 16.0 Å². The number of piperidine rings is 1.